The minimum absolute atomic E-state index is 0. The number of hydrogen-bond acceptors (Lipinski definition) is 9. The summed E-state index contributed by atoms with van der Waals surface area (Å²) >= 11 is 2.29. The Morgan fingerprint density at radius 1 is 0.767 bits per heavy atom. The zero-order chi connectivity index (χ0) is 20.7. The van der Waals surface area contributed by atoms with E-state index in [0.717, 1.165) is 4.43 Å². The first kappa shape index (κ1) is 28.5. The second-order valence-corrected chi connectivity index (χ2v) is 8.90. The molecule has 1 N–H and O–H groups in total. The maximum absolute atomic E-state index is 9.08. The molecule has 0 spiro atoms. The van der Waals surface area contributed by atoms with Crippen LogP contribution < -0.4 is 0 Å². The van der Waals surface area contributed by atoms with Crippen LogP contribution in [0.3, 0.4) is 0 Å². The number of hydrogen-bond donors (Lipinski definition) is 1. The monoisotopic (exact) mass is 545 g/mol. The molecule has 4 aliphatic heterocycles. The van der Waals surface area contributed by atoms with Gasteiger partial charge in [-0.2, -0.15) is 0 Å². The summed E-state index contributed by atoms with van der Waals surface area (Å²) in [5.74, 6) is -1.14. The molecule has 175 valence electrons. The summed E-state index contributed by atoms with van der Waals surface area (Å²) in [6.45, 7) is 7.43. The average Bonchev–Trinajstić information content (AvgIpc) is 3.31. The molecule has 4 rings (SSSR count). The van der Waals surface area contributed by atoms with Crippen LogP contribution in [0.5, 0.6) is 0 Å². The molecule has 8 atom stereocenters. The van der Waals surface area contributed by atoms with Crippen LogP contribution in [0, 0.1) is 0 Å². The normalized spacial score (nSPS) is 42.4. The Morgan fingerprint density at radius 2 is 1.13 bits per heavy atom. The largest absolute Gasteiger partial charge is 0.394 e. The van der Waals surface area contributed by atoms with Crippen molar-refractivity contribution in [1.29, 1.82) is 0 Å². The first-order valence-corrected chi connectivity index (χ1v) is 10.9. The fraction of sp³-hybridized carbons (Fsp3) is 1.00. The van der Waals surface area contributed by atoms with Crippen molar-refractivity contribution in [2.45, 2.75) is 95.9 Å². The SMILES string of the molecule is C.COC1O[C@H](CI)[C@H]2OC(C)(C)O[C@@H]12.COC1O[C@H](CO)[C@H]2OC(C)(C)O[C@@H]12.[B]. The Kier molecular flexibility index (Phi) is 10.5. The summed E-state index contributed by atoms with van der Waals surface area (Å²) in [6.07, 6.45) is -1.58. The van der Waals surface area contributed by atoms with Crippen LogP contribution in [0.2, 0.25) is 0 Å². The number of aliphatic hydroxyl groups is 1. The third kappa shape index (κ3) is 5.86. The van der Waals surface area contributed by atoms with Crippen molar-refractivity contribution in [3.05, 3.63) is 0 Å². The van der Waals surface area contributed by atoms with Gasteiger partial charge in [0.05, 0.1) is 12.7 Å². The predicted molar refractivity (Wildman–Crippen MR) is 117 cm³/mol. The molecule has 0 aromatic carbocycles. The van der Waals surface area contributed by atoms with Crippen molar-refractivity contribution in [3.63, 3.8) is 0 Å². The van der Waals surface area contributed by atoms with Crippen molar-refractivity contribution in [1.82, 2.24) is 0 Å². The summed E-state index contributed by atoms with van der Waals surface area (Å²) in [7, 11) is 3.18. The van der Waals surface area contributed by atoms with Gasteiger partial charge >= 0.3 is 0 Å². The second-order valence-electron chi connectivity index (χ2n) is 8.02. The summed E-state index contributed by atoms with van der Waals surface area (Å²) < 4.78 is 45.0. The van der Waals surface area contributed by atoms with Gasteiger partial charge in [-0.15, -0.1) is 0 Å². The predicted octanol–water partition coefficient (Wildman–Crippen LogP) is 1.44. The zero-order valence-corrected chi connectivity index (χ0v) is 19.9. The lowest BCUT2D eigenvalue weighted by Gasteiger charge is -2.22. The third-order valence-corrected chi connectivity index (χ3v) is 5.88. The molecule has 30 heavy (non-hydrogen) atoms. The highest BCUT2D eigenvalue weighted by molar-refractivity contribution is 14.1. The van der Waals surface area contributed by atoms with Gasteiger partial charge in [0.15, 0.2) is 24.2 Å². The maximum Gasteiger partial charge on any atom is 0.186 e. The molecule has 0 saturated carbocycles. The summed E-state index contributed by atoms with van der Waals surface area (Å²) in [4.78, 5) is 0. The third-order valence-electron chi connectivity index (χ3n) is 5.01. The molecule has 2 unspecified atom stereocenters. The van der Waals surface area contributed by atoms with Crippen LogP contribution in [-0.2, 0) is 37.9 Å². The molecule has 9 nitrogen and oxygen atoms in total. The Hall–Kier alpha value is 0.435. The summed E-state index contributed by atoms with van der Waals surface area (Å²) in [5.41, 5.74) is 0. The van der Waals surface area contributed by atoms with E-state index >= 15 is 0 Å². The molecule has 4 aliphatic rings. The van der Waals surface area contributed by atoms with Crippen molar-refractivity contribution in [2.75, 3.05) is 25.3 Å². The molecule has 0 aromatic heterocycles. The van der Waals surface area contributed by atoms with Crippen LogP contribution >= 0.6 is 22.6 Å². The van der Waals surface area contributed by atoms with Crippen LogP contribution in [0.15, 0.2) is 0 Å². The maximum atomic E-state index is 9.08. The van der Waals surface area contributed by atoms with Crippen molar-refractivity contribution < 1.29 is 43.0 Å². The van der Waals surface area contributed by atoms with Crippen molar-refractivity contribution in [3.8, 4) is 0 Å². The van der Waals surface area contributed by atoms with Crippen molar-refractivity contribution in [2.24, 2.45) is 0 Å². The van der Waals surface area contributed by atoms with Crippen LogP contribution in [0.25, 0.3) is 0 Å². The zero-order valence-electron chi connectivity index (χ0n) is 17.7. The Morgan fingerprint density at radius 3 is 1.50 bits per heavy atom. The molecule has 0 bridgehead atoms. The summed E-state index contributed by atoms with van der Waals surface area (Å²) in [5, 5.41) is 9.08. The molecular formula is C19H35BIO9. The fourth-order valence-electron chi connectivity index (χ4n) is 3.94. The number of aliphatic hydroxyl groups excluding tert-OH is 1. The molecule has 0 amide bonds. The lowest BCUT2D eigenvalue weighted by molar-refractivity contribution is -0.230. The van der Waals surface area contributed by atoms with E-state index in [2.05, 4.69) is 22.6 Å². The number of methoxy groups -OCH3 is 2. The molecule has 4 fully saturated rings. The number of ether oxygens (including phenoxy) is 8. The van der Waals surface area contributed by atoms with Gasteiger partial charge < -0.3 is 43.0 Å². The van der Waals surface area contributed by atoms with E-state index in [1.165, 1.54) is 0 Å². The molecule has 3 radical (unpaired) electrons. The highest BCUT2D eigenvalue weighted by Gasteiger charge is 2.56. The Balaban J connectivity index is 0.000000281. The summed E-state index contributed by atoms with van der Waals surface area (Å²) in [6, 6.07) is 0. The van der Waals surface area contributed by atoms with E-state index < -0.39 is 17.9 Å². The van der Waals surface area contributed by atoms with Gasteiger partial charge in [-0.1, -0.05) is 30.0 Å². The number of fused-ring (bicyclic) bond motifs is 2. The smallest absolute Gasteiger partial charge is 0.186 e. The van der Waals surface area contributed by atoms with E-state index in [1.807, 2.05) is 27.7 Å². The van der Waals surface area contributed by atoms with Gasteiger partial charge in [0, 0.05) is 27.1 Å². The number of alkyl halides is 1. The minimum Gasteiger partial charge on any atom is -0.394 e. The fourth-order valence-corrected chi connectivity index (χ4v) is 4.64. The van der Waals surface area contributed by atoms with E-state index in [9.17, 15) is 0 Å². The van der Waals surface area contributed by atoms with Crippen LogP contribution in [0.4, 0.5) is 0 Å². The van der Waals surface area contributed by atoms with E-state index in [-0.39, 0.29) is 65.4 Å². The van der Waals surface area contributed by atoms with Crippen LogP contribution in [0.1, 0.15) is 35.1 Å². The average molecular weight is 545 g/mol. The number of rotatable bonds is 4. The molecule has 0 aliphatic carbocycles. The van der Waals surface area contributed by atoms with Gasteiger partial charge in [-0.05, 0) is 27.7 Å². The molecule has 4 heterocycles. The lowest BCUT2D eigenvalue weighted by atomic mass is 10.1. The van der Waals surface area contributed by atoms with Gasteiger partial charge in [-0.3, -0.25) is 0 Å². The van der Waals surface area contributed by atoms with Gasteiger partial charge in [0.2, 0.25) is 0 Å². The van der Waals surface area contributed by atoms with E-state index in [4.69, 9.17) is 43.0 Å². The molecule has 0 aromatic rings. The quantitative estimate of drug-likeness (QED) is 0.320. The minimum atomic E-state index is -0.622. The molecule has 11 heteroatoms. The first-order valence-electron chi connectivity index (χ1n) is 9.39. The lowest BCUT2D eigenvalue weighted by Crippen LogP contribution is -2.31. The topological polar surface area (TPSA) is 94.1 Å². The van der Waals surface area contributed by atoms with Gasteiger partial charge in [-0.25, -0.2) is 0 Å². The molecule has 4 saturated heterocycles. The number of halogens is 1. The van der Waals surface area contributed by atoms with E-state index in [0.29, 0.717) is 0 Å². The Bertz CT molecular complexity index is 452. The van der Waals surface area contributed by atoms with Crippen LogP contribution in [-0.4, -0.2) is 99.6 Å². The molecular weight excluding hydrogens is 510 g/mol. The van der Waals surface area contributed by atoms with Gasteiger partial charge in [0.25, 0.3) is 0 Å². The van der Waals surface area contributed by atoms with E-state index in [1.54, 1.807) is 14.2 Å². The second kappa shape index (κ2) is 11.0. The first-order chi connectivity index (χ1) is 13.1. The van der Waals surface area contributed by atoms with Gasteiger partial charge in [0.1, 0.15) is 30.5 Å². The highest BCUT2D eigenvalue weighted by Crippen LogP contribution is 2.40. The standard InChI is InChI=1S/C9H15IO4.C9H16O5.CH4.B/c2*1-9(2)13-6-5(4-10)12-8(11-3)7(6)14-9;;/h5-8H,4H2,1-3H3;5-8,10H,4H2,1-3H3;1H4;/t2*5-,6-,7-,8?;;/m11../s1. The van der Waals surface area contributed by atoms with Crippen molar-refractivity contribution >= 4 is 31.0 Å². The Labute approximate surface area is 195 Å². The highest BCUT2D eigenvalue weighted by atomic mass is 127.